The highest BCUT2D eigenvalue weighted by atomic mass is 32.1. The van der Waals surface area contributed by atoms with Gasteiger partial charge in [0.2, 0.25) is 0 Å². The zero-order valence-corrected chi connectivity index (χ0v) is 15.2. The van der Waals surface area contributed by atoms with Crippen LogP contribution in [0.1, 0.15) is 33.8 Å². The summed E-state index contributed by atoms with van der Waals surface area (Å²) in [4.78, 5) is 14.8. The van der Waals surface area contributed by atoms with Crippen molar-refractivity contribution in [3.05, 3.63) is 57.8 Å². The van der Waals surface area contributed by atoms with Gasteiger partial charge in [0.25, 0.3) is 0 Å². The summed E-state index contributed by atoms with van der Waals surface area (Å²) in [6.45, 7) is 6.36. The van der Waals surface area contributed by atoms with E-state index in [0.29, 0.717) is 11.6 Å². The van der Waals surface area contributed by atoms with Gasteiger partial charge in [0, 0.05) is 31.1 Å². The Balaban J connectivity index is 1.60. The first-order valence-corrected chi connectivity index (χ1v) is 9.43. The van der Waals surface area contributed by atoms with Gasteiger partial charge in [0.1, 0.15) is 0 Å². The third-order valence-corrected chi connectivity index (χ3v) is 5.43. The van der Waals surface area contributed by atoms with Crippen molar-refractivity contribution in [2.45, 2.75) is 25.6 Å². The zero-order chi connectivity index (χ0) is 17.6. The van der Waals surface area contributed by atoms with Crippen molar-refractivity contribution < 1.29 is 14.6 Å². The second kappa shape index (κ2) is 8.58. The van der Waals surface area contributed by atoms with Gasteiger partial charge in [0.15, 0.2) is 0 Å². The van der Waals surface area contributed by atoms with Crippen LogP contribution in [0.15, 0.2) is 41.8 Å². The first-order valence-electron chi connectivity index (χ1n) is 8.55. The minimum Gasteiger partial charge on any atom is -0.478 e. The number of rotatable bonds is 7. The van der Waals surface area contributed by atoms with Crippen LogP contribution in [0.25, 0.3) is 0 Å². The monoisotopic (exact) mass is 360 g/mol. The van der Waals surface area contributed by atoms with Gasteiger partial charge in [0.05, 0.1) is 24.3 Å². The average molecular weight is 360 g/mol. The van der Waals surface area contributed by atoms with Crippen LogP contribution in [0.4, 0.5) is 0 Å². The normalized spacial score (nSPS) is 19.6. The molecule has 5 nitrogen and oxygen atoms in total. The molecule has 0 aliphatic carbocycles. The molecule has 2 atom stereocenters. The molecule has 0 amide bonds. The first-order chi connectivity index (χ1) is 12.1. The number of thiophene rings is 1. The number of carboxylic acid groups (broad SMARTS) is 1. The van der Waals surface area contributed by atoms with Crippen molar-refractivity contribution >= 4 is 17.3 Å². The van der Waals surface area contributed by atoms with E-state index in [4.69, 9.17) is 9.84 Å². The van der Waals surface area contributed by atoms with Gasteiger partial charge in [-0.15, -0.1) is 11.3 Å². The van der Waals surface area contributed by atoms with Gasteiger partial charge < -0.3 is 15.2 Å². The Morgan fingerprint density at radius 3 is 2.84 bits per heavy atom. The molecule has 3 rings (SSSR count). The topological polar surface area (TPSA) is 61.8 Å². The maximum absolute atomic E-state index is 10.9. The Morgan fingerprint density at radius 1 is 1.40 bits per heavy atom. The van der Waals surface area contributed by atoms with Crippen LogP contribution in [0.3, 0.4) is 0 Å². The molecule has 1 aliphatic rings. The number of nitrogens with one attached hydrogen (secondary N) is 1. The zero-order valence-electron chi connectivity index (χ0n) is 14.4. The number of hydrogen-bond acceptors (Lipinski definition) is 5. The fraction of sp³-hybridized carbons (Fsp3) is 0.421. The lowest BCUT2D eigenvalue weighted by Crippen LogP contribution is -2.45. The van der Waals surface area contributed by atoms with Crippen LogP contribution in [0.2, 0.25) is 0 Å². The summed E-state index contributed by atoms with van der Waals surface area (Å²) in [6.07, 6.45) is 0.264. The molecule has 2 N–H and O–H groups in total. The molecule has 2 unspecified atom stereocenters. The fourth-order valence-corrected chi connectivity index (χ4v) is 4.00. The Morgan fingerprint density at radius 2 is 2.20 bits per heavy atom. The molecule has 1 aromatic carbocycles. The Bertz CT molecular complexity index is 672. The van der Waals surface area contributed by atoms with E-state index in [2.05, 4.69) is 34.7 Å². The summed E-state index contributed by atoms with van der Waals surface area (Å²) >= 11 is 1.79. The molecular formula is C19H24N2O3S. The van der Waals surface area contributed by atoms with Gasteiger partial charge in [-0.2, -0.15) is 0 Å². The quantitative estimate of drug-likeness (QED) is 0.795. The third-order valence-electron chi connectivity index (χ3n) is 4.45. The predicted octanol–water partition coefficient (Wildman–Crippen LogP) is 3.00. The maximum atomic E-state index is 10.9. The van der Waals surface area contributed by atoms with Crippen molar-refractivity contribution in [3.63, 3.8) is 0 Å². The van der Waals surface area contributed by atoms with E-state index in [0.717, 1.165) is 38.3 Å². The van der Waals surface area contributed by atoms with E-state index in [-0.39, 0.29) is 6.10 Å². The molecule has 25 heavy (non-hydrogen) atoms. The van der Waals surface area contributed by atoms with Gasteiger partial charge in [-0.3, -0.25) is 4.90 Å². The lowest BCUT2D eigenvalue weighted by atomic mass is 10.1. The number of nitrogens with zero attached hydrogens (tertiary/aromatic N) is 1. The third kappa shape index (κ3) is 4.89. The first kappa shape index (κ1) is 18.1. The Kier molecular flexibility index (Phi) is 6.20. The van der Waals surface area contributed by atoms with Crippen LogP contribution in [0.5, 0.6) is 0 Å². The molecule has 2 heterocycles. The predicted molar refractivity (Wildman–Crippen MR) is 99.2 cm³/mol. The van der Waals surface area contributed by atoms with Gasteiger partial charge in [-0.05, 0) is 36.1 Å². The van der Waals surface area contributed by atoms with Crippen molar-refractivity contribution in [2.75, 3.05) is 26.2 Å². The molecule has 0 bridgehead atoms. The number of ether oxygens (including phenoxy) is 1. The van der Waals surface area contributed by atoms with E-state index >= 15 is 0 Å². The lowest BCUT2D eigenvalue weighted by molar-refractivity contribution is -0.0339. The van der Waals surface area contributed by atoms with E-state index in [9.17, 15) is 4.79 Å². The number of carboxylic acids is 1. The second-order valence-electron chi connectivity index (χ2n) is 6.34. The number of carbonyl (C=O) groups is 1. The van der Waals surface area contributed by atoms with Crippen LogP contribution in [-0.4, -0.2) is 48.3 Å². The molecule has 0 saturated carbocycles. The largest absolute Gasteiger partial charge is 0.478 e. The highest BCUT2D eigenvalue weighted by Crippen LogP contribution is 2.26. The van der Waals surface area contributed by atoms with Crippen LogP contribution in [-0.2, 0) is 11.3 Å². The van der Waals surface area contributed by atoms with Crippen molar-refractivity contribution in [1.82, 2.24) is 10.2 Å². The number of aromatic carboxylic acids is 1. The van der Waals surface area contributed by atoms with Gasteiger partial charge in [-0.1, -0.05) is 18.2 Å². The standard InChI is InChI=1S/C19H24N2O3S/c1-14-13-21(8-9-24-14)17(18-3-2-10-25-18)12-20-11-15-4-6-16(7-5-15)19(22)23/h2-7,10,14,17,20H,8-9,11-13H2,1H3,(H,22,23). The van der Waals surface area contributed by atoms with Crippen LogP contribution in [0, 0.1) is 0 Å². The minimum atomic E-state index is -0.890. The van der Waals surface area contributed by atoms with Crippen molar-refractivity contribution in [2.24, 2.45) is 0 Å². The molecule has 0 radical (unpaired) electrons. The number of benzene rings is 1. The summed E-state index contributed by atoms with van der Waals surface area (Å²) in [5, 5.41) is 14.6. The second-order valence-corrected chi connectivity index (χ2v) is 7.32. The van der Waals surface area contributed by atoms with E-state index in [1.54, 1.807) is 23.5 Å². The summed E-state index contributed by atoms with van der Waals surface area (Å²) in [5.74, 6) is -0.890. The van der Waals surface area contributed by atoms with E-state index in [1.165, 1.54) is 4.88 Å². The lowest BCUT2D eigenvalue weighted by Gasteiger charge is -2.37. The molecule has 1 saturated heterocycles. The Hall–Kier alpha value is -1.73. The average Bonchev–Trinajstić information content (AvgIpc) is 3.13. The van der Waals surface area contributed by atoms with Gasteiger partial charge in [-0.25, -0.2) is 4.79 Å². The summed E-state index contributed by atoms with van der Waals surface area (Å²) in [6, 6.07) is 11.7. The molecule has 1 fully saturated rings. The maximum Gasteiger partial charge on any atom is 0.335 e. The molecule has 6 heteroatoms. The minimum absolute atomic E-state index is 0.264. The van der Waals surface area contributed by atoms with E-state index in [1.807, 2.05) is 12.1 Å². The number of hydrogen-bond donors (Lipinski definition) is 2. The van der Waals surface area contributed by atoms with Gasteiger partial charge >= 0.3 is 5.97 Å². The van der Waals surface area contributed by atoms with Crippen LogP contribution >= 0.6 is 11.3 Å². The molecule has 1 aromatic heterocycles. The molecule has 2 aromatic rings. The fourth-order valence-electron chi connectivity index (χ4n) is 3.14. The SMILES string of the molecule is CC1CN(C(CNCc2ccc(C(=O)O)cc2)c2cccs2)CCO1. The summed E-state index contributed by atoms with van der Waals surface area (Å²) in [7, 11) is 0. The van der Waals surface area contributed by atoms with Crippen LogP contribution < -0.4 is 5.32 Å². The molecular weight excluding hydrogens is 336 g/mol. The highest BCUT2D eigenvalue weighted by Gasteiger charge is 2.25. The smallest absolute Gasteiger partial charge is 0.335 e. The molecule has 1 aliphatic heterocycles. The van der Waals surface area contributed by atoms with Crippen molar-refractivity contribution in [1.29, 1.82) is 0 Å². The molecule has 134 valence electrons. The molecule has 0 spiro atoms. The Labute approximate surface area is 152 Å². The summed E-state index contributed by atoms with van der Waals surface area (Å²) < 4.78 is 5.67. The van der Waals surface area contributed by atoms with E-state index < -0.39 is 5.97 Å². The summed E-state index contributed by atoms with van der Waals surface area (Å²) in [5.41, 5.74) is 1.41. The van der Waals surface area contributed by atoms with Crippen molar-refractivity contribution in [3.8, 4) is 0 Å². The number of morpholine rings is 1. The highest BCUT2D eigenvalue weighted by molar-refractivity contribution is 7.10.